The molecule has 1 saturated heterocycles. The van der Waals surface area contributed by atoms with Crippen LogP contribution in [0.2, 0.25) is 5.15 Å². The average Bonchev–Trinajstić information content (AvgIpc) is 2.65. The van der Waals surface area contributed by atoms with Gasteiger partial charge in [0.1, 0.15) is 5.15 Å². The zero-order valence-electron chi connectivity index (χ0n) is 15.1. The first-order valence-electron chi connectivity index (χ1n) is 8.96. The Morgan fingerprint density at radius 3 is 2.35 bits per heavy atom. The highest BCUT2D eigenvalue weighted by atomic mass is 35.5. The third-order valence-corrected chi connectivity index (χ3v) is 4.86. The van der Waals surface area contributed by atoms with Gasteiger partial charge in [0.15, 0.2) is 0 Å². The van der Waals surface area contributed by atoms with Gasteiger partial charge in [0.25, 0.3) is 0 Å². The van der Waals surface area contributed by atoms with E-state index in [1.165, 1.54) is 11.1 Å². The lowest BCUT2D eigenvalue weighted by Crippen LogP contribution is -2.49. The molecule has 138 valence electrons. The number of piperazine rings is 1. The van der Waals surface area contributed by atoms with Gasteiger partial charge >= 0.3 is 0 Å². The highest BCUT2D eigenvalue weighted by Gasteiger charge is 2.19. The zero-order valence-corrected chi connectivity index (χ0v) is 15.9. The first kappa shape index (κ1) is 18.8. The van der Waals surface area contributed by atoms with Crippen molar-refractivity contribution in [3.63, 3.8) is 0 Å². The number of rotatable bonds is 6. The molecule has 5 nitrogen and oxygen atoms in total. The van der Waals surface area contributed by atoms with Crippen LogP contribution in [0.5, 0.6) is 0 Å². The molecule has 0 radical (unpaired) electrons. The maximum atomic E-state index is 12.2. The number of pyridine rings is 1. The van der Waals surface area contributed by atoms with Crippen molar-refractivity contribution >= 4 is 17.5 Å². The van der Waals surface area contributed by atoms with Gasteiger partial charge < -0.3 is 5.32 Å². The van der Waals surface area contributed by atoms with Gasteiger partial charge in [-0.15, -0.1) is 0 Å². The molecule has 26 heavy (non-hydrogen) atoms. The second-order valence-electron chi connectivity index (χ2n) is 6.80. The van der Waals surface area contributed by atoms with Gasteiger partial charge in [-0.2, -0.15) is 0 Å². The normalized spacial score (nSPS) is 15.8. The van der Waals surface area contributed by atoms with Gasteiger partial charge in [-0.3, -0.25) is 14.6 Å². The Labute approximate surface area is 160 Å². The molecule has 0 spiro atoms. The molecule has 1 fully saturated rings. The fraction of sp³-hybridized carbons (Fsp3) is 0.400. The monoisotopic (exact) mass is 372 g/mol. The number of nitrogens with one attached hydrogen (secondary N) is 1. The molecule has 1 aromatic carbocycles. The lowest BCUT2D eigenvalue weighted by atomic mass is 10.1. The van der Waals surface area contributed by atoms with E-state index in [0.717, 1.165) is 38.3 Å². The van der Waals surface area contributed by atoms with Crippen molar-refractivity contribution in [1.29, 1.82) is 0 Å². The van der Waals surface area contributed by atoms with E-state index in [1.807, 2.05) is 18.3 Å². The molecule has 6 heteroatoms. The summed E-state index contributed by atoms with van der Waals surface area (Å²) in [6.07, 6.45) is 1.83. The van der Waals surface area contributed by atoms with Crippen LogP contribution in [-0.4, -0.2) is 53.4 Å². The third kappa shape index (κ3) is 5.80. The predicted octanol–water partition coefficient (Wildman–Crippen LogP) is 2.48. The van der Waals surface area contributed by atoms with Crippen molar-refractivity contribution in [2.45, 2.75) is 20.0 Å². The number of amides is 1. The Hall–Kier alpha value is -1.95. The molecule has 0 saturated carbocycles. The number of hydrogen-bond acceptors (Lipinski definition) is 4. The van der Waals surface area contributed by atoms with Gasteiger partial charge in [0.05, 0.1) is 6.54 Å². The molecule has 0 unspecified atom stereocenters. The van der Waals surface area contributed by atoms with E-state index in [1.54, 1.807) is 0 Å². The van der Waals surface area contributed by atoms with Crippen molar-refractivity contribution in [2.24, 2.45) is 0 Å². The number of aromatic nitrogens is 1. The Balaban J connectivity index is 1.37. The van der Waals surface area contributed by atoms with Crippen molar-refractivity contribution in [3.05, 3.63) is 64.4 Å². The van der Waals surface area contributed by atoms with E-state index in [-0.39, 0.29) is 5.91 Å². The highest BCUT2D eigenvalue weighted by Crippen LogP contribution is 2.10. The first-order valence-corrected chi connectivity index (χ1v) is 9.34. The Morgan fingerprint density at radius 2 is 1.69 bits per heavy atom. The van der Waals surface area contributed by atoms with E-state index in [4.69, 9.17) is 11.6 Å². The molecule has 2 aromatic rings. The number of carbonyl (C=O) groups is 1. The molecule has 1 N–H and O–H groups in total. The molecular weight excluding hydrogens is 348 g/mol. The van der Waals surface area contributed by atoms with Gasteiger partial charge in [-0.05, 0) is 24.1 Å². The molecular formula is C20H25ClN4O. The van der Waals surface area contributed by atoms with E-state index < -0.39 is 0 Å². The summed E-state index contributed by atoms with van der Waals surface area (Å²) >= 11 is 5.82. The van der Waals surface area contributed by atoms with E-state index in [9.17, 15) is 4.79 Å². The Bertz CT molecular complexity index is 710. The van der Waals surface area contributed by atoms with Gasteiger partial charge in [0, 0.05) is 45.5 Å². The number of halogens is 1. The van der Waals surface area contributed by atoms with E-state index in [0.29, 0.717) is 18.2 Å². The van der Waals surface area contributed by atoms with Crippen LogP contribution in [0.15, 0.2) is 42.6 Å². The lowest BCUT2D eigenvalue weighted by Gasteiger charge is -2.34. The third-order valence-electron chi connectivity index (χ3n) is 4.64. The molecule has 1 aliphatic rings. The number of hydrogen-bond donors (Lipinski definition) is 1. The van der Waals surface area contributed by atoms with Gasteiger partial charge in [0.2, 0.25) is 5.91 Å². The first-order chi connectivity index (χ1) is 12.6. The number of aryl methyl sites for hydroxylation is 1. The molecule has 1 amide bonds. The summed E-state index contributed by atoms with van der Waals surface area (Å²) in [5.41, 5.74) is 3.52. The van der Waals surface area contributed by atoms with Crippen LogP contribution >= 0.6 is 11.6 Å². The maximum absolute atomic E-state index is 12.2. The van der Waals surface area contributed by atoms with Crippen molar-refractivity contribution in [1.82, 2.24) is 20.1 Å². The number of nitrogens with zero attached hydrogens (tertiary/aromatic N) is 3. The number of benzene rings is 1. The molecule has 2 heterocycles. The smallest absolute Gasteiger partial charge is 0.234 e. The molecule has 0 atom stereocenters. The quantitative estimate of drug-likeness (QED) is 0.791. The Kier molecular flexibility index (Phi) is 6.61. The van der Waals surface area contributed by atoms with Crippen molar-refractivity contribution < 1.29 is 4.79 Å². The standard InChI is InChI=1S/C20H25ClN4O/c1-16-2-4-17(5-3-16)12-23-20(26)15-25-10-8-24(9-11-25)14-18-6-7-19(21)22-13-18/h2-7,13H,8-12,14-15H2,1H3,(H,23,26). The second-order valence-corrected chi connectivity index (χ2v) is 7.19. The van der Waals surface area contributed by atoms with Gasteiger partial charge in [-0.25, -0.2) is 4.98 Å². The van der Waals surface area contributed by atoms with Crippen LogP contribution in [0.4, 0.5) is 0 Å². The molecule has 1 aromatic heterocycles. The minimum Gasteiger partial charge on any atom is -0.351 e. The van der Waals surface area contributed by atoms with E-state index in [2.05, 4.69) is 51.3 Å². The largest absolute Gasteiger partial charge is 0.351 e. The van der Waals surface area contributed by atoms with Crippen molar-refractivity contribution in [2.75, 3.05) is 32.7 Å². The minimum atomic E-state index is 0.0842. The summed E-state index contributed by atoms with van der Waals surface area (Å²) in [6.45, 7) is 7.69. The number of carbonyl (C=O) groups excluding carboxylic acids is 1. The molecule has 0 aliphatic carbocycles. The van der Waals surface area contributed by atoms with Crippen LogP contribution in [0.25, 0.3) is 0 Å². The van der Waals surface area contributed by atoms with E-state index >= 15 is 0 Å². The summed E-state index contributed by atoms with van der Waals surface area (Å²) < 4.78 is 0. The zero-order chi connectivity index (χ0) is 18.4. The SMILES string of the molecule is Cc1ccc(CNC(=O)CN2CCN(Cc3ccc(Cl)nc3)CC2)cc1. The predicted molar refractivity (Wildman–Crippen MR) is 104 cm³/mol. The average molecular weight is 373 g/mol. The molecule has 0 bridgehead atoms. The maximum Gasteiger partial charge on any atom is 0.234 e. The van der Waals surface area contributed by atoms with Crippen LogP contribution in [0.1, 0.15) is 16.7 Å². The van der Waals surface area contributed by atoms with Crippen LogP contribution < -0.4 is 5.32 Å². The minimum absolute atomic E-state index is 0.0842. The fourth-order valence-corrected chi connectivity index (χ4v) is 3.14. The van der Waals surface area contributed by atoms with Gasteiger partial charge in [-0.1, -0.05) is 47.5 Å². The summed E-state index contributed by atoms with van der Waals surface area (Å²) in [5.74, 6) is 0.0842. The topological polar surface area (TPSA) is 48.5 Å². The second kappa shape index (κ2) is 9.12. The molecule has 3 rings (SSSR count). The highest BCUT2D eigenvalue weighted by molar-refractivity contribution is 6.29. The summed E-state index contributed by atoms with van der Waals surface area (Å²) in [7, 11) is 0. The molecule has 1 aliphatic heterocycles. The summed E-state index contributed by atoms with van der Waals surface area (Å²) in [4.78, 5) is 20.9. The lowest BCUT2D eigenvalue weighted by molar-refractivity contribution is -0.122. The summed E-state index contributed by atoms with van der Waals surface area (Å²) in [6, 6.07) is 12.1. The van der Waals surface area contributed by atoms with Crippen LogP contribution in [0, 0.1) is 6.92 Å². The summed E-state index contributed by atoms with van der Waals surface area (Å²) in [5, 5.41) is 3.53. The van der Waals surface area contributed by atoms with Crippen molar-refractivity contribution in [3.8, 4) is 0 Å². The van der Waals surface area contributed by atoms with Crippen LogP contribution in [-0.2, 0) is 17.9 Å². The Morgan fingerprint density at radius 1 is 1.04 bits per heavy atom. The fourth-order valence-electron chi connectivity index (χ4n) is 3.03. The van der Waals surface area contributed by atoms with Crippen LogP contribution in [0.3, 0.4) is 0 Å².